The minimum atomic E-state index is 0.278. The lowest BCUT2D eigenvalue weighted by molar-refractivity contribution is 0.468. The second-order valence-corrected chi connectivity index (χ2v) is 8.06. The maximum atomic E-state index is 11.4. The lowest BCUT2D eigenvalue weighted by Gasteiger charge is -2.20. The molecule has 2 nitrogen and oxygen atoms in total. The topological polar surface area (TPSA) is 40.5 Å². The Hall–Kier alpha value is -2.48. The van der Waals surface area contributed by atoms with Gasteiger partial charge in [0.25, 0.3) is 0 Å². The number of unbranched alkanes of at least 4 members (excludes halogenated alkanes) is 4. The van der Waals surface area contributed by atoms with E-state index in [1.807, 2.05) is 6.07 Å². The van der Waals surface area contributed by atoms with E-state index in [0.29, 0.717) is 5.75 Å². The van der Waals surface area contributed by atoms with E-state index in [2.05, 4.69) is 38.1 Å². The molecule has 4 aromatic carbocycles. The number of phenolic OH excluding ortho intramolecular Hbond substituents is 2. The van der Waals surface area contributed by atoms with Gasteiger partial charge < -0.3 is 10.2 Å². The Morgan fingerprint density at radius 2 is 1.18 bits per heavy atom. The minimum absolute atomic E-state index is 0.278. The summed E-state index contributed by atoms with van der Waals surface area (Å²) in [4.78, 5) is 0. The van der Waals surface area contributed by atoms with Gasteiger partial charge >= 0.3 is 0 Å². The number of hydrogen-bond acceptors (Lipinski definition) is 2. The molecule has 2 heteroatoms. The molecule has 0 atom stereocenters. The quantitative estimate of drug-likeness (QED) is 0.248. The molecule has 4 rings (SSSR count). The van der Waals surface area contributed by atoms with E-state index in [-0.39, 0.29) is 5.75 Å². The number of hydrogen-bond donors (Lipinski definition) is 2. The first-order valence-corrected chi connectivity index (χ1v) is 10.8. The van der Waals surface area contributed by atoms with Crippen molar-refractivity contribution in [3.63, 3.8) is 0 Å². The Labute approximate surface area is 167 Å². The van der Waals surface area contributed by atoms with Crippen molar-refractivity contribution < 1.29 is 10.2 Å². The highest BCUT2D eigenvalue weighted by Crippen LogP contribution is 2.47. The third-order valence-electron chi connectivity index (χ3n) is 6.14. The van der Waals surface area contributed by atoms with Crippen LogP contribution < -0.4 is 0 Å². The predicted molar refractivity (Wildman–Crippen MR) is 120 cm³/mol. The Kier molecular flexibility index (Phi) is 5.30. The van der Waals surface area contributed by atoms with Crippen molar-refractivity contribution in [2.45, 2.75) is 65.2 Å². The summed E-state index contributed by atoms with van der Waals surface area (Å²) in [7, 11) is 0. The molecule has 0 aliphatic heterocycles. The van der Waals surface area contributed by atoms with Crippen LogP contribution in [0.25, 0.3) is 32.3 Å². The number of aryl methyl sites for hydroxylation is 2. The summed E-state index contributed by atoms with van der Waals surface area (Å²) in [6, 6.07) is 12.4. The van der Waals surface area contributed by atoms with Gasteiger partial charge in [-0.2, -0.15) is 0 Å². The average molecular weight is 375 g/mol. The zero-order chi connectivity index (χ0) is 19.7. The molecular weight excluding hydrogens is 344 g/mol. The monoisotopic (exact) mass is 374 g/mol. The molecule has 0 unspecified atom stereocenters. The summed E-state index contributed by atoms with van der Waals surface area (Å²) >= 11 is 0. The fourth-order valence-electron chi connectivity index (χ4n) is 4.68. The molecule has 0 aliphatic carbocycles. The van der Waals surface area contributed by atoms with Crippen LogP contribution in [0.5, 0.6) is 11.5 Å². The van der Waals surface area contributed by atoms with Gasteiger partial charge in [0.1, 0.15) is 11.5 Å². The number of rotatable bonds is 8. The van der Waals surface area contributed by atoms with E-state index in [4.69, 9.17) is 0 Å². The second kappa shape index (κ2) is 7.87. The van der Waals surface area contributed by atoms with Gasteiger partial charge in [-0.05, 0) is 48.1 Å². The molecule has 0 fully saturated rings. The highest BCUT2D eigenvalue weighted by molar-refractivity contribution is 6.27. The fourth-order valence-corrected chi connectivity index (χ4v) is 4.68. The van der Waals surface area contributed by atoms with Crippen LogP contribution in [0.3, 0.4) is 0 Å². The fraction of sp³-hybridized carbons (Fsp3) is 0.385. The molecule has 0 aromatic heterocycles. The van der Waals surface area contributed by atoms with Crippen molar-refractivity contribution in [3.8, 4) is 11.5 Å². The SMILES string of the molecule is CCCCCc1ccc2ccc3ccc(O)c4c(CCCCC)c(O)c1c2c34. The number of benzene rings is 4. The van der Waals surface area contributed by atoms with Gasteiger partial charge in [-0.1, -0.05) is 69.9 Å². The molecule has 0 saturated carbocycles. The van der Waals surface area contributed by atoms with E-state index >= 15 is 0 Å². The third kappa shape index (κ3) is 3.05. The van der Waals surface area contributed by atoms with Gasteiger partial charge in [-0.3, -0.25) is 0 Å². The molecule has 146 valence electrons. The van der Waals surface area contributed by atoms with E-state index in [1.54, 1.807) is 6.07 Å². The molecule has 0 radical (unpaired) electrons. The Balaban J connectivity index is 2.05. The standard InChI is InChI=1S/C26H30O2/c1-3-5-7-9-17-11-12-18-13-14-19-15-16-21(27)25-20(10-8-6-4-2)26(28)24(17)22(18)23(19)25/h11-16,27-28H,3-10H2,1-2H3. The molecule has 0 saturated heterocycles. The van der Waals surface area contributed by atoms with Crippen molar-refractivity contribution in [2.75, 3.05) is 0 Å². The van der Waals surface area contributed by atoms with Gasteiger partial charge in [0.15, 0.2) is 0 Å². The first-order chi connectivity index (χ1) is 13.7. The van der Waals surface area contributed by atoms with Gasteiger partial charge in [-0.15, -0.1) is 0 Å². The van der Waals surface area contributed by atoms with Crippen molar-refractivity contribution >= 4 is 32.3 Å². The minimum Gasteiger partial charge on any atom is -0.507 e. The molecular formula is C26H30O2. The molecule has 0 amide bonds. The van der Waals surface area contributed by atoms with Crippen LogP contribution in [-0.4, -0.2) is 10.2 Å². The Bertz CT molecular complexity index is 1100. The summed E-state index contributed by atoms with van der Waals surface area (Å²) < 4.78 is 0. The summed E-state index contributed by atoms with van der Waals surface area (Å²) in [5, 5.41) is 28.5. The van der Waals surface area contributed by atoms with E-state index < -0.39 is 0 Å². The summed E-state index contributed by atoms with van der Waals surface area (Å²) in [6.07, 6.45) is 8.59. The summed E-state index contributed by atoms with van der Waals surface area (Å²) in [6.45, 7) is 4.41. The van der Waals surface area contributed by atoms with Crippen LogP contribution >= 0.6 is 0 Å². The van der Waals surface area contributed by atoms with Crippen LogP contribution in [0.4, 0.5) is 0 Å². The molecule has 28 heavy (non-hydrogen) atoms. The smallest absolute Gasteiger partial charge is 0.127 e. The third-order valence-corrected chi connectivity index (χ3v) is 6.14. The largest absolute Gasteiger partial charge is 0.507 e. The first-order valence-electron chi connectivity index (χ1n) is 10.8. The number of phenols is 2. The summed E-state index contributed by atoms with van der Waals surface area (Å²) in [5.74, 6) is 0.662. The van der Waals surface area contributed by atoms with Gasteiger partial charge in [0, 0.05) is 27.1 Å². The van der Waals surface area contributed by atoms with Crippen molar-refractivity contribution in [3.05, 3.63) is 47.5 Å². The van der Waals surface area contributed by atoms with Crippen LogP contribution in [-0.2, 0) is 12.8 Å². The van der Waals surface area contributed by atoms with Crippen LogP contribution in [0.15, 0.2) is 36.4 Å². The van der Waals surface area contributed by atoms with Gasteiger partial charge in [0.05, 0.1) is 0 Å². The van der Waals surface area contributed by atoms with E-state index in [0.717, 1.165) is 76.4 Å². The number of aromatic hydroxyl groups is 2. The maximum Gasteiger partial charge on any atom is 0.127 e. The Morgan fingerprint density at radius 3 is 1.86 bits per heavy atom. The average Bonchev–Trinajstić information content (AvgIpc) is 2.70. The van der Waals surface area contributed by atoms with Crippen molar-refractivity contribution in [1.82, 2.24) is 0 Å². The highest BCUT2D eigenvalue weighted by Gasteiger charge is 2.21. The first kappa shape index (κ1) is 18.9. The zero-order valence-corrected chi connectivity index (χ0v) is 17.0. The second-order valence-electron chi connectivity index (χ2n) is 8.06. The van der Waals surface area contributed by atoms with E-state index in [1.165, 1.54) is 18.4 Å². The molecule has 0 heterocycles. The molecule has 2 N–H and O–H groups in total. The molecule has 0 bridgehead atoms. The predicted octanol–water partition coefficient (Wildman–Crippen LogP) is 7.46. The molecule has 0 spiro atoms. The lowest BCUT2D eigenvalue weighted by atomic mass is 9.85. The highest BCUT2D eigenvalue weighted by atomic mass is 16.3. The van der Waals surface area contributed by atoms with Crippen LogP contribution in [0.1, 0.15) is 63.5 Å². The van der Waals surface area contributed by atoms with Crippen LogP contribution in [0, 0.1) is 0 Å². The molecule has 4 aromatic rings. The Morgan fingerprint density at radius 1 is 0.607 bits per heavy atom. The van der Waals surface area contributed by atoms with Gasteiger partial charge in [0.2, 0.25) is 0 Å². The summed E-state index contributed by atoms with van der Waals surface area (Å²) in [5.41, 5.74) is 2.15. The maximum absolute atomic E-state index is 11.4. The van der Waals surface area contributed by atoms with Crippen molar-refractivity contribution in [2.24, 2.45) is 0 Å². The van der Waals surface area contributed by atoms with E-state index in [9.17, 15) is 10.2 Å². The van der Waals surface area contributed by atoms with Crippen molar-refractivity contribution in [1.29, 1.82) is 0 Å². The lowest BCUT2D eigenvalue weighted by Crippen LogP contribution is -1.97. The van der Waals surface area contributed by atoms with Gasteiger partial charge in [-0.25, -0.2) is 0 Å². The zero-order valence-electron chi connectivity index (χ0n) is 17.0. The normalized spacial score (nSPS) is 11.9. The van der Waals surface area contributed by atoms with Crippen LogP contribution in [0.2, 0.25) is 0 Å². The molecule has 0 aliphatic rings.